The predicted molar refractivity (Wildman–Crippen MR) is 67.9 cm³/mol. The molecule has 0 saturated heterocycles. The van der Waals surface area contributed by atoms with Crippen LogP contribution < -0.4 is 5.32 Å². The highest BCUT2D eigenvalue weighted by atomic mass is 16.6. The summed E-state index contributed by atoms with van der Waals surface area (Å²) in [6, 6.07) is 0. The first-order valence-corrected chi connectivity index (χ1v) is 5.86. The molecule has 100 valence electrons. The number of alkyl carbamates (subject to hydrolysis) is 1. The van der Waals surface area contributed by atoms with Crippen LogP contribution in [-0.4, -0.2) is 23.5 Å². The quantitative estimate of drug-likeness (QED) is 0.775. The molecule has 0 radical (unpaired) electrons. The first-order chi connectivity index (χ1) is 7.41. The van der Waals surface area contributed by atoms with Crippen LogP contribution in [0.3, 0.4) is 0 Å². The molecule has 0 aliphatic rings. The second-order valence-corrected chi connectivity index (χ2v) is 6.58. The van der Waals surface area contributed by atoms with Crippen LogP contribution in [0, 0.1) is 5.41 Å². The van der Waals surface area contributed by atoms with Crippen LogP contribution in [0.25, 0.3) is 0 Å². The van der Waals surface area contributed by atoms with E-state index in [4.69, 9.17) is 4.74 Å². The number of hydrogen-bond acceptors (Lipinski definition) is 3. The first kappa shape index (κ1) is 15.9. The van der Waals surface area contributed by atoms with Crippen molar-refractivity contribution in [2.24, 2.45) is 5.41 Å². The molecule has 0 fully saturated rings. The molecule has 0 spiro atoms. The Morgan fingerprint density at radius 2 is 1.59 bits per heavy atom. The molecule has 0 rings (SSSR count). The van der Waals surface area contributed by atoms with Gasteiger partial charge < -0.3 is 14.8 Å². The van der Waals surface area contributed by atoms with E-state index in [0.717, 1.165) is 6.29 Å². The molecule has 4 heteroatoms. The maximum atomic E-state index is 11.7. The van der Waals surface area contributed by atoms with E-state index in [-0.39, 0.29) is 11.8 Å². The monoisotopic (exact) mass is 243 g/mol. The van der Waals surface area contributed by atoms with Crippen molar-refractivity contribution >= 4 is 12.4 Å². The summed E-state index contributed by atoms with van der Waals surface area (Å²) in [5, 5.41) is 2.80. The van der Waals surface area contributed by atoms with Crippen LogP contribution >= 0.6 is 0 Å². The van der Waals surface area contributed by atoms with Gasteiger partial charge in [-0.1, -0.05) is 20.8 Å². The fourth-order valence-corrected chi connectivity index (χ4v) is 1.24. The first-order valence-electron chi connectivity index (χ1n) is 5.86. The molecule has 1 atom stereocenters. The summed E-state index contributed by atoms with van der Waals surface area (Å²) >= 11 is 0. The minimum absolute atomic E-state index is 0.231. The van der Waals surface area contributed by atoms with Gasteiger partial charge in [-0.2, -0.15) is 0 Å². The Hall–Kier alpha value is -1.06. The second-order valence-electron chi connectivity index (χ2n) is 6.58. The maximum absolute atomic E-state index is 11.7. The van der Waals surface area contributed by atoms with Crippen molar-refractivity contribution in [3.05, 3.63) is 0 Å². The highest BCUT2D eigenvalue weighted by Crippen LogP contribution is 2.32. The zero-order chi connectivity index (χ0) is 13.9. The Labute approximate surface area is 104 Å². The van der Waals surface area contributed by atoms with Crippen molar-refractivity contribution in [3.63, 3.8) is 0 Å². The number of ether oxygens (including phenoxy) is 1. The van der Waals surface area contributed by atoms with E-state index < -0.39 is 17.2 Å². The van der Waals surface area contributed by atoms with Gasteiger partial charge in [-0.05, 0) is 33.1 Å². The Bertz CT molecular complexity index is 286. The number of carbonyl (C=O) groups excluding carboxylic acids is 2. The normalized spacial score (nSPS) is 15.9. The molecule has 0 bridgehead atoms. The number of aldehydes is 1. The number of rotatable bonds is 3. The van der Waals surface area contributed by atoms with Crippen LogP contribution in [0.15, 0.2) is 0 Å². The molecule has 1 amide bonds. The predicted octanol–water partition coefficient (Wildman–Crippen LogP) is 2.90. The van der Waals surface area contributed by atoms with E-state index >= 15 is 0 Å². The summed E-state index contributed by atoms with van der Waals surface area (Å²) in [5.74, 6) is 0. The molecule has 0 heterocycles. The third-order valence-electron chi connectivity index (χ3n) is 2.92. The molecule has 0 saturated carbocycles. The lowest BCUT2D eigenvalue weighted by Crippen LogP contribution is -2.56. The number of nitrogens with one attached hydrogen (secondary N) is 1. The Morgan fingerprint density at radius 3 is 1.88 bits per heavy atom. The Morgan fingerprint density at radius 1 is 1.12 bits per heavy atom. The van der Waals surface area contributed by atoms with Gasteiger partial charge >= 0.3 is 6.09 Å². The second kappa shape index (κ2) is 5.07. The van der Waals surface area contributed by atoms with E-state index in [0.29, 0.717) is 0 Å². The Kier molecular flexibility index (Phi) is 4.75. The van der Waals surface area contributed by atoms with E-state index in [1.54, 1.807) is 20.8 Å². The fraction of sp³-hybridized carbons (Fsp3) is 0.846. The molecular weight excluding hydrogens is 218 g/mol. The van der Waals surface area contributed by atoms with Gasteiger partial charge in [0.25, 0.3) is 0 Å². The molecule has 0 aromatic heterocycles. The van der Waals surface area contributed by atoms with Gasteiger partial charge in [0.05, 0.1) is 5.54 Å². The van der Waals surface area contributed by atoms with E-state index in [1.165, 1.54) is 0 Å². The summed E-state index contributed by atoms with van der Waals surface area (Å²) < 4.78 is 5.21. The largest absolute Gasteiger partial charge is 0.444 e. The van der Waals surface area contributed by atoms with Gasteiger partial charge in [0.1, 0.15) is 11.9 Å². The Balaban J connectivity index is 4.79. The van der Waals surface area contributed by atoms with Gasteiger partial charge in [-0.15, -0.1) is 0 Å². The number of hydrogen-bond donors (Lipinski definition) is 1. The van der Waals surface area contributed by atoms with Crippen molar-refractivity contribution in [2.75, 3.05) is 0 Å². The topological polar surface area (TPSA) is 55.4 Å². The van der Waals surface area contributed by atoms with Gasteiger partial charge in [0.15, 0.2) is 0 Å². The molecule has 4 nitrogen and oxygen atoms in total. The van der Waals surface area contributed by atoms with E-state index in [2.05, 4.69) is 5.32 Å². The van der Waals surface area contributed by atoms with Crippen molar-refractivity contribution in [3.8, 4) is 0 Å². The van der Waals surface area contributed by atoms with E-state index in [1.807, 2.05) is 27.7 Å². The third kappa shape index (κ3) is 5.20. The molecule has 0 aromatic carbocycles. The summed E-state index contributed by atoms with van der Waals surface area (Å²) in [6.07, 6.45) is 0.593. The lowest BCUT2D eigenvalue weighted by Gasteiger charge is -2.41. The summed E-state index contributed by atoms with van der Waals surface area (Å²) in [5.41, 5.74) is -1.38. The van der Waals surface area contributed by atoms with Crippen molar-refractivity contribution in [2.45, 2.75) is 66.0 Å². The standard InChI is InChI=1S/C13H25NO3/c1-11(2,3)13(7,8-9-15)14-10(16)17-12(4,5)6/h9H,8H2,1-7H3,(H,14,16). The minimum Gasteiger partial charge on any atom is -0.444 e. The van der Waals surface area contributed by atoms with Crippen molar-refractivity contribution in [1.29, 1.82) is 0 Å². The minimum atomic E-state index is -0.614. The van der Waals surface area contributed by atoms with Gasteiger partial charge in [0.2, 0.25) is 0 Å². The average molecular weight is 243 g/mol. The van der Waals surface area contributed by atoms with Gasteiger partial charge in [0, 0.05) is 6.42 Å². The number of amides is 1. The average Bonchev–Trinajstić information content (AvgIpc) is 1.97. The van der Waals surface area contributed by atoms with Gasteiger partial charge in [-0.25, -0.2) is 4.79 Å². The smallest absolute Gasteiger partial charge is 0.408 e. The highest BCUT2D eigenvalue weighted by Gasteiger charge is 2.39. The highest BCUT2D eigenvalue weighted by molar-refractivity contribution is 5.70. The zero-order valence-corrected chi connectivity index (χ0v) is 12.0. The SMILES string of the molecule is CC(C)(C)OC(=O)NC(C)(CC=O)C(C)(C)C. The summed E-state index contributed by atoms with van der Waals surface area (Å²) in [6.45, 7) is 13.2. The van der Waals surface area contributed by atoms with Crippen molar-refractivity contribution in [1.82, 2.24) is 5.32 Å². The third-order valence-corrected chi connectivity index (χ3v) is 2.92. The molecule has 0 aliphatic heterocycles. The molecule has 0 aromatic rings. The lowest BCUT2D eigenvalue weighted by atomic mass is 9.73. The maximum Gasteiger partial charge on any atom is 0.408 e. The lowest BCUT2D eigenvalue weighted by molar-refractivity contribution is -0.110. The van der Waals surface area contributed by atoms with Crippen molar-refractivity contribution < 1.29 is 14.3 Å². The van der Waals surface area contributed by atoms with Crippen LogP contribution in [0.2, 0.25) is 0 Å². The molecule has 0 aliphatic carbocycles. The van der Waals surface area contributed by atoms with Crippen LogP contribution in [0.1, 0.15) is 54.9 Å². The summed E-state index contributed by atoms with van der Waals surface area (Å²) in [7, 11) is 0. The van der Waals surface area contributed by atoms with E-state index in [9.17, 15) is 9.59 Å². The van der Waals surface area contributed by atoms with Crippen LogP contribution in [0.4, 0.5) is 4.79 Å². The van der Waals surface area contributed by atoms with Gasteiger partial charge in [-0.3, -0.25) is 0 Å². The van der Waals surface area contributed by atoms with Crippen LogP contribution in [-0.2, 0) is 9.53 Å². The zero-order valence-electron chi connectivity index (χ0n) is 12.0. The number of carbonyl (C=O) groups is 2. The molecule has 1 unspecified atom stereocenters. The van der Waals surface area contributed by atoms with Crippen LogP contribution in [0.5, 0.6) is 0 Å². The summed E-state index contributed by atoms with van der Waals surface area (Å²) in [4.78, 5) is 22.5. The fourth-order valence-electron chi connectivity index (χ4n) is 1.24. The molecule has 1 N–H and O–H groups in total. The molecular formula is C13H25NO3. The molecule has 17 heavy (non-hydrogen) atoms.